The molecule has 2 rings (SSSR count). The number of hydrogen-bond acceptors (Lipinski definition) is 2. The van der Waals surface area contributed by atoms with Crippen LogP contribution in [0.3, 0.4) is 0 Å². The Bertz CT molecular complexity index is 451. The van der Waals surface area contributed by atoms with Gasteiger partial charge < -0.3 is 14.4 Å². The van der Waals surface area contributed by atoms with Crippen LogP contribution < -0.4 is 9.64 Å². The fraction of sp³-hybridized carbons (Fsp3) is 0.684. The fourth-order valence-electron chi connectivity index (χ4n) is 3.54. The monoisotopic (exact) mass is 306 g/mol. The van der Waals surface area contributed by atoms with Crippen LogP contribution in [0.1, 0.15) is 31.4 Å². The van der Waals surface area contributed by atoms with Crippen molar-refractivity contribution in [2.24, 2.45) is 11.8 Å². The van der Waals surface area contributed by atoms with E-state index in [1.807, 2.05) is 12.1 Å². The summed E-state index contributed by atoms with van der Waals surface area (Å²) in [6.07, 6.45) is 1.38. The Hall–Kier alpha value is -1.06. The van der Waals surface area contributed by atoms with Crippen molar-refractivity contribution in [3.63, 3.8) is 0 Å². The number of rotatable bonds is 7. The number of nitrogens with one attached hydrogen (secondary N) is 1. The molecule has 1 unspecified atom stereocenters. The highest BCUT2D eigenvalue weighted by Crippen LogP contribution is 2.20. The normalized spacial score (nSPS) is 25.2. The van der Waals surface area contributed by atoms with Gasteiger partial charge in [0.2, 0.25) is 0 Å². The lowest BCUT2D eigenvalue weighted by Crippen LogP contribution is -3.14. The highest BCUT2D eigenvalue weighted by molar-refractivity contribution is 5.38. The van der Waals surface area contributed by atoms with Gasteiger partial charge in [-0.1, -0.05) is 26.0 Å². The van der Waals surface area contributed by atoms with Gasteiger partial charge in [0.1, 0.15) is 18.9 Å². The standard InChI is InChI=1S/C19H31NO2/c1-15-12-16(2)14-20(13-15)8-9-21-10-11-22-19-7-5-6-17(3)18(19)4/h5-7,15-16H,8-14H2,1-4H3/p+1/t15-,16+. The first-order valence-corrected chi connectivity index (χ1v) is 8.66. The van der Waals surface area contributed by atoms with Crippen molar-refractivity contribution in [3.05, 3.63) is 29.3 Å². The third-order valence-corrected chi connectivity index (χ3v) is 4.72. The van der Waals surface area contributed by atoms with E-state index in [1.165, 1.54) is 30.6 Å². The second-order valence-corrected chi connectivity index (χ2v) is 7.01. The Labute approximate surface area is 135 Å². The van der Waals surface area contributed by atoms with Crippen LogP contribution in [0.25, 0.3) is 0 Å². The molecule has 0 saturated carbocycles. The number of hydrogen-bond donors (Lipinski definition) is 1. The van der Waals surface area contributed by atoms with E-state index >= 15 is 0 Å². The van der Waals surface area contributed by atoms with E-state index < -0.39 is 0 Å². The predicted molar refractivity (Wildman–Crippen MR) is 90.7 cm³/mol. The number of quaternary nitrogens is 1. The van der Waals surface area contributed by atoms with Gasteiger partial charge in [-0.05, 0) is 37.5 Å². The second-order valence-electron chi connectivity index (χ2n) is 7.01. The molecule has 0 aliphatic carbocycles. The molecule has 124 valence electrons. The Morgan fingerprint density at radius 2 is 1.77 bits per heavy atom. The average molecular weight is 306 g/mol. The molecule has 1 aliphatic rings. The SMILES string of the molecule is Cc1cccc(OCCOCC[NH+]2C[C@H](C)C[C@H](C)C2)c1C. The predicted octanol–water partition coefficient (Wildman–Crippen LogP) is 2.26. The van der Waals surface area contributed by atoms with Gasteiger partial charge in [0.25, 0.3) is 0 Å². The lowest BCUT2D eigenvalue weighted by molar-refractivity contribution is -0.912. The summed E-state index contributed by atoms with van der Waals surface area (Å²) in [6, 6.07) is 6.19. The minimum atomic E-state index is 0.631. The van der Waals surface area contributed by atoms with Gasteiger partial charge >= 0.3 is 0 Å². The van der Waals surface area contributed by atoms with Gasteiger partial charge in [0.05, 0.1) is 26.3 Å². The van der Waals surface area contributed by atoms with Crippen molar-refractivity contribution < 1.29 is 14.4 Å². The summed E-state index contributed by atoms with van der Waals surface area (Å²) in [7, 11) is 0. The molecule has 3 nitrogen and oxygen atoms in total. The van der Waals surface area contributed by atoms with E-state index in [0.29, 0.717) is 13.2 Å². The Morgan fingerprint density at radius 1 is 1.05 bits per heavy atom. The average Bonchev–Trinajstić information content (AvgIpc) is 2.46. The van der Waals surface area contributed by atoms with Crippen molar-refractivity contribution in [3.8, 4) is 5.75 Å². The number of aryl methyl sites for hydroxylation is 1. The zero-order chi connectivity index (χ0) is 15.9. The van der Waals surface area contributed by atoms with Gasteiger partial charge in [-0.3, -0.25) is 0 Å². The molecule has 1 heterocycles. The smallest absolute Gasteiger partial charge is 0.122 e. The molecule has 0 spiro atoms. The van der Waals surface area contributed by atoms with E-state index in [4.69, 9.17) is 9.47 Å². The third-order valence-electron chi connectivity index (χ3n) is 4.72. The lowest BCUT2D eigenvalue weighted by Gasteiger charge is -2.31. The first-order chi connectivity index (χ1) is 10.6. The van der Waals surface area contributed by atoms with E-state index in [1.54, 1.807) is 4.90 Å². The molecule has 1 aromatic carbocycles. The highest BCUT2D eigenvalue weighted by atomic mass is 16.5. The quantitative estimate of drug-likeness (QED) is 0.781. The molecular formula is C19H32NO2+. The molecule has 1 fully saturated rings. The molecule has 0 amide bonds. The highest BCUT2D eigenvalue weighted by Gasteiger charge is 2.24. The summed E-state index contributed by atoms with van der Waals surface area (Å²) < 4.78 is 11.6. The molecule has 3 atom stereocenters. The van der Waals surface area contributed by atoms with Crippen molar-refractivity contribution in [1.29, 1.82) is 0 Å². The van der Waals surface area contributed by atoms with Crippen LogP contribution in [-0.4, -0.2) is 39.5 Å². The number of piperidine rings is 1. The van der Waals surface area contributed by atoms with Gasteiger partial charge in [-0.25, -0.2) is 0 Å². The van der Waals surface area contributed by atoms with Crippen LogP contribution in [0.4, 0.5) is 0 Å². The van der Waals surface area contributed by atoms with Crippen molar-refractivity contribution >= 4 is 0 Å². The zero-order valence-corrected chi connectivity index (χ0v) is 14.7. The summed E-state index contributed by atoms with van der Waals surface area (Å²) in [5, 5.41) is 0. The molecule has 0 aromatic heterocycles. The fourth-order valence-corrected chi connectivity index (χ4v) is 3.54. The molecule has 3 heteroatoms. The first-order valence-electron chi connectivity index (χ1n) is 8.66. The topological polar surface area (TPSA) is 22.9 Å². The van der Waals surface area contributed by atoms with Crippen LogP contribution in [0.5, 0.6) is 5.75 Å². The summed E-state index contributed by atoms with van der Waals surface area (Å²) in [5.41, 5.74) is 2.50. The van der Waals surface area contributed by atoms with Gasteiger partial charge in [0.15, 0.2) is 0 Å². The lowest BCUT2D eigenvalue weighted by atomic mass is 9.92. The van der Waals surface area contributed by atoms with Crippen LogP contribution in [0.15, 0.2) is 18.2 Å². The molecule has 1 aliphatic heterocycles. The van der Waals surface area contributed by atoms with E-state index in [-0.39, 0.29) is 0 Å². The Kier molecular flexibility index (Phi) is 6.71. The number of likely N-dealkylation sites (tertiary alicyclic amines) is 1. The summed E-state index contributed by atoms with van der Waals surface area (Å²) in [4.78, 5) is 1.70. The van der Waals surface area contributed by atoms with Crippen LogP contribution >= 0.6 is 0 Å². The first kappa shape index (κ1) is 17.3. The Balaban J connectivity index is 1.59. The minimum absolute atomic E-state index is 0.631. The molecule has 1 saturated heterocycles. The maximum atomic E-state index is 5.81. The molecule has 0 bridgehead atoms. The van der Waals surface area contributed by atoms with E-state index in [9.17, 15) is 0 Å². The Morgan fingerprint density at radius 3 is 2.50 bits per heavy atom. The van der Waals surface area contributed by atoms with Crippen LogP contribution in [-0.2, 0) is 4.74 Å². The summed E-state index contributed by atoms with van der Waals surface area (Å²) in [5.74, 6) is 2.69. The number of ether oxygens (including phenoxy) is 2. The second kappa shape index (κ2) is 8.54. The van der Waals surface area contributed by atoms with Crippen LogP contribution in [0.2, 0.25) is 0 Å². The van der Waals surface area contributed by atoms with Crippen molar-refractivity contribution in [2.75, 3.05) is 39.5 Å². The maximum Gasteiger partial charge on any atom is 0.122 e. The van der Waals surface area contributed by atoms with Crippen molar-refractivity contribution in [1.82, 2.24) is 0 Å². The van der Waals surface area contributed by atoms with Crippen LogP contribution in [0, 0.1) is 25.7 Å². The van der Waals surface area contributed by atoms with Gasteiger partial charge in [-0.15, -0.1) is 0 Å². The third kappa shape index (κ3) is 5.29. The van der Waals surface area contributed by atoms with Gasteiger partial charge in [0, 0.05) is 11.8 Å². The molecule has 22 heavy (non-hydrogen) atoms. The minimum Gasteiger partial charge on any atom is -0.491 e. The zero-order valence-electron chi connectivity index (χ0n) is 14.7. The number of benzene rings is 1. The van der Waals surface area contributed by atoms with Gasteiger partial charge in [-0.2, -0.15) is 0 Å². The summed E-state index contributed by atoms with van der Waals surface area (Å²) >= 11 is 0. The maximum absolute atomic E-state index is 5.81. The largest absolute Gasteiger partial charge is 0.491 e. The molecule has 1 N–H and O–H groups in total. The van der Waals surface area contributed by atoms with E-state index in [0.717, 1.165) is 30.7 Å². The summed E-state index contributed by atoms with van der Waals surface area (Å²) in [6.45, 7) is 14.8. The van der Waals surface area contributed by atoms with Crippen molar-refractivity contribution in [2.45, 2.75) is 34.1 Å². The molecule has 1 aromatic rings. The van der Waals surface area contributed by atoms with E-state index in [2.05, 4.69) is 33.8 Å². The molecular weight excluding hydrogens is 274 g/mol. The molecule has 0 radical (unpaired) electrons.